The molecule has 128 valence electrons. The van der Waals surface area contributed by atoms with Crippen molar-refractivity contribution in [3.05, 3.63) is 18.3 Å². The highest BCUT2D eigenvalue weighted by Crippen LogP contribution is 2.23. The van der Waals surface area contributed by atoms with Crippen LogP contribution in [0.4, 0.5) is 28.0 Å². The van der Waals surface area contributed by atoms with Gasteiger partial charge in [0.2, 0.25) is 5.88 Å². The molecule has 0 bridgehead atoms. The number of carboxylic acids is 1. The zero-order valence-corrected chi connectivity index (χ0v) is 11.6. The minimum atomic E-state index is -4.29. The normalized spacial score (nSPS) is 11.2. The molecular formula is C12H13F4N3O4. The lowest BCUT2D eigenvalue weighted by atomic mass is 10.4. The Labute approximate surface area is 127 Å². The molecule has 0 aliphatic heterocycles. The van der Waals surface area contributed by atoms with Crippen LogP contribution in [0.25, 0.3) is 0 Å². The number of nitrogens with zero attached hydrogens (tertiary/aromatic N) is 1. The average Bonchev–Trinajstić information content (AvgIpc) is 2.46. The first kappa shape index (κ1) is 18.5. The summed E-state index contributed by atoms with van der Waals surface area (Å²) in [6.45, 7) is -1.61. The summed E-state index contributed by atoms with van der Waals surface area (Å²) < 4.78 is 53.6. The fraction of sp³-hybridized carbons (Fsp3) is 0.417. The lowest BCUT2D eigenvalue weighted by Crippen LogP contribution is -2.33. The maximum atomic E-state index is 12.6. The first-order valence-electron chi connectivity index (χ1n) is 6.22. The minimum Gasteiger partial charge on any atom is -0.481 e. The van der Waals surface area contributed by atoms with Crippen LogP contribution in [0.3, 0.4) is 0 Å². The van der Waals surface area contributed by atoms with E-state index in [0.29, 0.717) is 0 Å². The van der Waals surface area contributed by atoms with Crippen LogP contribution in [0.2, 0.25) is 0 Å². The van der Waals surface area contributed by atoms with E-state index < -0.39 is 31.0 Å². The van der Waals surface area contributed by atoms with Gasteiger partial charge in [-0.1, -0.05) is 0 Å². The van der Waals surface area contributed by atoms with Crippen LogP contribution < -0.4 is 15.4 Å². The predicted molar refractivity (Wildman–Crippen MR) is 70.0 cm³/mol. The molecule has 0 saturated heterocycles. The second-order valence-corrected chi connectivity index (χ2v) is 4.26. The van der Waals surface area contributed by atoms with Gasteiger partial charge in [0, 0.05) is 12.6 Å². The molecule has 1 aromatic heterocycles. The fourth-order valence-corrected chi connectivity index (χ4v) is 1.23. The van der Waals surface area contributed by atoms with Crippen molar-refractivity contribution in [2.75, 3.05) is 18.5 Å². The molecule has 0 saturated carbocycles. The number of hydrogen-bond acceptors (Lipinski definition) is 4. The topological polar surface area (TPSA) is 101 Å². The van der Waals surface area contributed by atoms with Crippen LogP contribution in [0.5, 0.6) is 5.88 Å². The highest BCUT2D eigenvalue weighted by atomic mass is 19.3. The Hall–Kier alpha value is -2.59. The van der Waals surface area contributed by atoms with Gasteiger partial charge in [-0.3, -0.25) is 4.79 Å². The van der Waals surface area contributed by atoms with Gasteiger partial charge in [0.1, 0.15) is 0 Å². The second kappa shape index (κ2) is 8.15. The van der Waals surface area contributed by atoms with Crippen LogP contribution in [0, 0.1) is 0 Å². The lowest BCUT2D eigenvalue weighted by molar-refractivity contribution is -0.148. The summed E-state index contributed by atoms with van der Waals surface area (Å²) in [7, 11) is 0. The molecule has 23 heavy (non-hydrogen) atoms. The number of carboxylic acid groups (broad SMARTS) is 1. The van der Waals surface area contributed by atoms with E-state index in [1.165, 1.54) is 6.07 Å². The number of hydrogen-bond donors (Lipinski definition) is 3. The lowest BCUT2D eigenvalue weighted by Gasteiger charge is -2.15. The standard InChI is InChI=1S/C12H13F4N3O4/c13-10(14)12(15,16)6-23-8-2-1-7(5-18-8)19-11(22)17-4-3-9(20)21/h1-2,5,10H,3-4,6H2,(H,20,21)(H2,17,19,22). The summed E-state index contributed by atoms with van der Waals surface area (Å²) in [5.41, 5.74) is 0.172. The van der Waals surface area contributed by atoms with Crippen molar-refractivity contribution in [1.29, 1.82) is 0 Å². The van der Waals surface area contributed by atoms with Gasteiger partial charge in [-0.05, 0) is 6.07 Å². The Morgan fingerprint density at radius 3 is 2.57 bits per heavy atom. The molecule has 11 heteroatoms. The van der Waals surface area contributed by atoms with Crippen LogP contribution in [0.1, 0.15) is 6.42 Å². The van der Waals surface area contributed by atoms with Gasteiger partial charge in [-0.2, -0.15) is 8.78 Å². The largest absolute Gasteiger partial charge is 0.481 e. The van der Waals surface area contributed by atoms with Gasteiger partial charge in [0.05, 0.1) is 18.3 Å². The number of halogens is 4. The van der Waals surface area contributed by atoms with Gasteiger partial charge in [-0.15, -0.1) is 0 Å². The molecule has 0 unspecified atom stereocenters. The number of rotatable bonds is 8. The Morgan fingerprint density at radius 2 is 2.04 bits per heavy atom. The van der Waals surface area contributed by atoms with E-state index in [0.717, 1.165) is 12.3 Å². The van der Waals surface area contributed by atoms with Crippen LogP contribution in [-0.2, 0) is 4.79 Å². The molecule has 0 atom stereocenters. The molecule has 0 aliphatic rings. The smallest absolute Gasteiger partial charge is 0.340 e. The van der Waals surface area contributed by atoms with Gasteiger partial charge in [0.15, 0.2) is 6.61 Å². The summed E-state index contributed by atoms with van der Waals surface area (Å²) in [6, 6.07) is 1.67. The molecule has 1 heterocycles. The molecule has 2 amide bonds. The van der Waals surface area contributed by atoms with E-state index in [4.69, 9.17) is 5.11 Å². The maximum Gasteiger partial charge on any atom is 0.340 e. The van der Waals surface area contributed by atoms with Crippen LogP contribution in [-0.4, -0.2) is 47.6 Å². The second-order valence-electron chi connectivity index (χ2n) is 4.26. The van der Waals surface area contributed by atoms with Crippen molar-refractivity contribution < 1.29 is 37.0 Å². The summed E-state index contributed by atoms with van der Waals surface area (Å²) in [5.74, 6) is -5.68. The predicted octanol–water partition coefficient (Wildman–Crippen LogP) is 1.96. The van der Waals surface area contributed by atoms with Crippen molar-refractivity contribution in [2.24, 2.45) is 0 Å². The Kier molecular flexibility index (Phi) is 6.54. The number of ether oxygens (including phenoxy) is 1. The highest BCUT2D eigenvalue weighted by molar-refractivity contribution is 5.89. The molecular weight excluding hydrogens is 326 g/mol. The summed E-state index contributed by atoms with van der Waals surface area (Å²) in [6.07, 6.45) is -3.04. The molecule has 1 aromatic rings. The van der Waals surface area contributed by atoms with Crippen molar-refractivity contribution in [3.63, 3.8) is 0 Å². The molecule has 0 aliphatic carbocycles. The minimum absolute atomic E-state index is 0.0848. The molecule has 1 rings (SSSR count). The number of pyridine rings is 1. The van der Waals surface area contributed by atoms with Crippen molar-refractivity contribution in [1.82, 2.24) is 10.3 Å². The molecule has 0 spiro atoms. The van der Waals surface area contributed by atoms with Gasteiger partial charge >= 0.3 is 24.3 Å². The number of aromatic nitrogens is 1. The van der Waals surface area contributed by atoms with Crippen LogP contribution in [0.15, 0.2) is 18.3 Å². The van der Waals surface area contributed by atoms with Gasteiger partial charge in [-0.25, -0.2) is 18.6 Å². The first-order chi connectivity index (χ1) is 10.7. The number of nitrogens with one attached hydrogen (secondary N) is 2. The van der Waals surface area contributed by atoms with Crippen LogP contribution >= 0.6 is 0 Å². The van der Waals surface area contributed by atoms with E-state index >= 15 is 0 Å². The summed E-state index contributed by atoms with van der Waals surface area (Å²) >= 11 is 0. The third kappa shape index (κ3) is 6.80. The van der Waals surface area contributed by atoms with E-state index in [2.05, 4.69) is 20.4 Å². The quantitative estimate of drug-likeness (QED) is 0.629. The fourth-order valence-electron chi connectivity index (χ4n) is 1.23. The molecule has 0 radical (unpaired) electrons. The van der Waals surface area contributed by atoms with Crippen molar-refractivity contribution in [3.8, 4) is 5.88 Å². The van der Waals surface area contributed by atoms with E-state index in [1.807, 2.05) is 0 Å². The van der Waals surface area contributed by atoms with E-state index in [1.54, 1.807) is 0 Å². The zero-order chi connectivity index (χ0) is 17.5. The Balaban J connectivity index is 2.44. The van der Waals surface area contributed by atoms with E-state index in [-0.39, 0.29) is 24.5 Å². The zero-order valence-electron chi connectivity index (χ0n) is 11.6. The third-order valence-corrected chi connectivity index (χ3v) is 2.35. The van der Waals surface area contributed by atoms with Gasteiger partial charge in [0.25, 0.3) is 0 Å². The number of anilines is 1. The monoisotopic (exact) mass is 339 g/mol. The van der Waals surface area contributed by atoms with Crippen molar-refractivity contribution >= 4 is 17.7 Å². The average molecular weight is 339 g/mol. The maximum absolute atomic E-state index is 12.6. The highest BCUT2D eigenvalue weighted by Gasteiger charge is 2.41. The Morgan fingerprint density at radius 1 is 1.35 bits per heavy atom. The summed E-state index contributed by atoms with van der Waals surface area (Å²) in [4.78, 5) is 25.2. The number of aliphatic carboxylic acids is 1. The number of carbonyl (C=O) groups is 2. The molecule has 3 N–H and O–H groups in total. The number of urea groups is 1. The Bertz CT molecular complexity index is 540. The molecule has 7 nitrogen and oxygen atoms in total. The number of carbonyl (C=O) groups excluding carboxylic acids is 1. The number of alkyl halides is 4. The number of amides is 2. The van der Waals surface area contributed by atoms with Gasteiger partial charge < -0.3 is 20.5 Å². The third-order valence-electron chi connectivity index (χ3n) is 2.35. The molecule has 0 fully saturated rings. The first-order valence-corrected chi connectivity index (χ1v) is 6.22. The van der Waals surface area contributed by atoms with E-state index in [9.17, 15) is 27.2 Å². The molecule has 0 aromatic carbocycles. The summed E-state index contributed by atoms with van der Waals surface area (Å²) in [5, 5.41) is 13.0. The van der Waals surface area contributed by atoms with Crippen molar-refractivity contribution in [2.45, 2.75) is 18.8 Å². The SMILES string of the molecule is O=C(O)CCNC(=O)Nc1ccc(OCC(F)(F)C(F)F)nc1.